The number of nitrogens with one attached hydrogen (secondary N) is 1. The number of aliphatic hydroxyl groups excluding tert-OH is 1. The van der Waals surface area contributed by atoms with Gasteiger partial charge in [-0.1, -0.05) is 0 Å². The van der Waals surface area contributed by atoms with Crippen LogP contribution in [0.1, 0.15) is 19.8 Å². The number of sulfone groups is 1. The molecule has 0 radical (unpaired) electrons. The van der Waals surface area contributed by atoms with Gasteiger partial charge in [-0.2, -0.15) is 0 Å². The zero-order valence-corrected chi connectivity index (χ0v) is 10.7. The molecule has 2 N–H and O–H groups in total. The largest absolute Gasteiger partial charge is 0.395 e. The number of aliphatic hydroxyl groups is 1. The Morgan fingerprint density at radius 3 is 2.31 bits per heavy atom. The first-order valence-corrected chi connectivity index (χ1v) is 8.46. The van der Waals surface area contributed by atoms with Gasteiger partial charge in [-0.3, -0.25) is 0 Å². The van der Waals surface area contributed by atoms with E-state index in [0.717, 1.165) is 0 Å². The average Bonchev–Trinajstić information content (AvgIpc) is 2.16. The van der Waals surface area contributed by atoms with Gasteiger partial charge in [0.15, 0.2) is 0 Å². The number of hydrogen-bond donors (Lipinski definition) is 2. The van der Waals surface area contributed by atoms with Crippen LogP contribution in [-0.4, -0.2) is 51.3 Å². The van der Waals surface area contributed by atoms with Crippen molar-refractivity contribution >= 4 is 19.9 Å². The molecular weight excluding hydrogens is 254 g/mol. The third-order valence-electron chi connectivity index (χ3n) is 2.58. The summed E-state index contributed by atoms with van der Waals surface area (Å²) in [4.78, 5) is 0. The van der Waals surface area contributed by atoms with Gasteiger partial charge in [0.25, 0.3) is 0 Å². The first-order valence-electron chi connectivity index (χ1n) is 5.09. The Morgan fingerprint density at radius 1 is 1.38 bits per heavy atom. The average molecular weight is 271 g/mol. The van der Waals surface area contributed by atoms with E-state index in [1.54, 1.807) is 6.92 Å². The van der Waals surface area contributed by atoms with Crippen molar-refractivity contribution in [2.24, 2.45) is 0 Å². The van der Waals surface area contributed by atoms with Gasteiger partial charge in [0.05, 0.1) is 23.4 Å². The van der Waals surface area contributed by atoms with Crippen LogP contribution in [0.3, 0.4) is 0 Å². The summed E-state index contributed by atoms with van der Waals surface area (Å²) in [7, 11) is -6.57. The van der Waals surface area contributed by atoms with Gasteiger partial charge < -0.3 is 5.11 Å². The molecule has 1 heterocycles. The van der Waals surface area contributed by atoms with Crippen LogP contribution in [-0.2, 0) is 19.9 Å². The molecule has 1 aliphatic rings. The minimum absolute atomic E-state index is 0.0773. The molecule has 0 aromatic rings. The highest BCUT2D eigenvalue weighted by Crippen LogP contribution is 2.18. The highest BCUT2D eigenvalue weighted by molar-refractivity contribution is 7.92. The molecule has 1 aliphatic heterocycles. The molecule has 0 saturated carbocycles. The van der Waals surface area contributed by atoms with E-state index < -0.39 is 31.2 Å². The fraction of sp³-hybridized carbons (Fsp3) is 1.00. The molecule has 6 nitrogen and oxygen atoms in total. The van der Waals surface area contributed by atoms with Crippen molar-refractivity contribution in [2.45, 2.75) is 31.1 Å². The normalized spacial score (nSPS) is 24.1. The van der Waals surface area contributed by atoms with Crippen molar-refractivity contribution in [2.75, 3.05) is 18.1 Å². The molecule has 16 heavy (non-hydrogen) atoms. The summed E-state index contributed by atoms with van der Waals surface area (Å²) in [5.41, 5.74) is 0. The number of sulfonamides is 1. The number of rotatable bonds is 4. The van der Waals surface area contributed by atoms with Crippen LogP contribution < -0.4 is 4.72 Å². The van der Waals surface area contributed by atoms with Crippen LogP contribution in [0.25, 0.3) is 0 Å². The van der Waals surface area contributed by atoms with E-state index >= 15 is 0 Å². The lowest BCUT2D eigenvalue weighted by molar-refractivity contribution is 0.265. The Bertz CT molecular complexity index is 413. The zero-order valence-electron chi connectivity index (χ0n) is 9.09. The predicted molar refractivity (Wildman–Crippen MR) is 60.3 cm³/mol. The fourth-order valence-electron chi connectivity index (χ4n) is 1.59. The summed E-state index contributed by atoms with van der Waals surface area (Å²) in [6.07, 6.45) is 0.269. The Labute approximate surface area is 96.0 Å². The van der Waals surface area contributed by atoms with E-state index in [1.807, 2.05) is 0 Å². The third-order valence-corrected chi connectivity index (χ3v) is 6.38. The van der Waals surface area contributed by atoms with Gasteiger partial charge in [-0.15, -0.1) is 0 Å². The standard InChI is InChI=1S/C8H17NO5S2/c1-7(6-10)9-16(13,14)8-2-4-15(11,12)5-3-8/h7-10H,2-6H2,1H3. The molecule has 0 aromatic heterocycles. The Hall–Kier alpha value is -0.180. The summed E-state index contributed by atoms with van der Waals surface area (Å²) in [5.74, 6) is -0.155. The minimum atomic E-state index is -3.52. The minimum Gasteiger partial charge on any atom is -0.395 e. The van der Waals surface area contributed by atoms with Crippen LogP contribution in [0.5, 0.6) is 0 Å². The van der Waals surface area contributed by atoms with Gasteiger partial charge in [0.1, 0.15) is 9.84 Å². The van der Waals surface area contributed by atoms with Crippen LogP contribution in [0.2, 0.25) is 0 Å². The predicted octanol–water partition coefficient (Wildman–Crippen LogP) is -1.14. The molecule has 1 fully saturated rings. The van der Waals surface area contributed by atoms with Gasteiger partial charge >= 0.3 is 0 Å². The van der Waals surface area contributed by atoms with Gasteiger partial charge in [0.2, 0.25) is 10.0 Å². The highest BCUT2D eigenvalue weighted by Gasteiger charge is 2.33. The SMILES string of the molecule is CC(CO)NS(=O)(=O)C1CCS(=O)(=O)CC1. The summed E-state index contributed by atoms with van der Waals surface area (Å²) in [5, 5.41) is 8.09. The molecule has 1 rings (SSSR count). The lowest BCUT2D eigenvalue weighted by Gasteiger charge is -2.23. The molecule has 1 atom stereocenters. The second kappa shape index (κ2) is 4.99. The monoisotopic (exact) mass is 271 g/mol. The van der Waals surface area contributed by atoms with E-state index in [2.05, 4.69) is 4.72 Å². The summed E-state index contributed by atoms with van der Waals surface area (Å²) in [6.45, 7) is 1.28. The quantitative estimate of drug-likeness (QED) is 0.673. The second-order valence-electron chi connectivity index (χ2n) is 4.10. The summed E-state index contributed by atoms with van der Waals surface area (Å²) in [6, 6.07) is -0.538. The van der Waals surface area contributed by atoms with E-state index in [9.17, 15) is 16.8 Å². The lowest BCUT2D eigenvalue weighted by atomic mass is 10.2. The maximum Gasteiger partial charge on any atom is 0.214 e. The molecule has 0 spiro atoms. The second-order valence-corrected chi connectivity index (χ2v) is 8.39. The molecular formula is C8H17NO5S2. The van der Waals surface area contributed by atoms with Crippen molar-refractivity contribution in [1.29, 1.82) is 0 Å². The molecule has 1 unspecified atom stereocenters. The van der Waals surface area contributed by atoms with Crippen molar-refractivity contribution in [3.63, 3.8) is 0 Å². The first kappa shape index (κ1) is 13.9. The van der Waals surface area contributed by atoms with Gasteiger partial charge in [-0.25, -0.2) is 21.6 Å². The topological polar surface area (TPSA) is 101 Å². The highest BCUT2D eigenvalue weighted by atomic mass is 32.2. The van der Waals surface area contributed by atoms with Gasteiger partial charge in [0, 0.05) is 6.04 Å². The van der Waals surface area contributed by atoms with E-state index in [4.69, 9.17) is 5.11 Å². The van der Waals surface area contributed by atoms with E-state index in [0.29, 0.717) is 0 Å². The molecule has 8 heteroatoms. The molecule has 0 amide bonds. The Kier molecular flexibility index (Phi) is 4.33. The smallest absolute Gasteiger partial charge is 0.214 e. The van der Waals surface area contributed by atoms with Crippen molar-refractivity contribution in [1.82, 2.24) is 4.72 Å². The van der Waals surface area contributed by atoms with Crippen molar-refractivity contribution in [3.05, 3.63) is 0 Å². The zero-order chi connectivity index (χ0) is 12.4. The van der Waals surface area contributed by atoms with Crippen molar-refractivity contribution < 1.29 is 21.9 Å². The first-order chi connectivity index (χ1) is 7.27. The van der Waals surface area contributed by atoms with Crippen molar-refractivity contribution in [3.8, 4) is 0 Å². The molecule has 0 bridgehead atoms. The van der Waals surface area contributed by atoms with Crippen LogP contribution >= 0.6 is 0 Å². The van der Waals surface area contributed by atoms with E-state index in [1.165, 1.54) is 0 Å². The maximum atomic E-state index is 11.7. The summed E-state index contributed by atoms with van der Waals surface area (Å²) >= 11 is 0. The molecule has 1 saturated heterocycles. The van der Waals surface area contributed by atoms with Gasteiger partial charge in [-0.05, 0) is 19.8 Å². The fourth-order valence-corrected chi connectivity index (χ4v) is 5.07. The third kappa shape index (κ3) is 3.69. The van der Waals surface area contributed by atoms with Crippen LogP contribution in [0.15, 0.2) is 0 Å². The molecule has 0 aromatic carbocycles. The molecule has 0 aliphatic carbocycles. The van der Waals surface area contributed by atoms with E-state index in [-0.39, 0.29) is 31.0 Å². The summed E-state index contributed by atoms with van der Waals surface area (Å²) < 4.78 is 48.1. The van der Waals surface area contributed by atoms with Crippen LogP contribution in [0.4, 0.5) is 0 Å². The maximum absolute atomic E-state index is 11.7. The van der Waals surface area contributed by atoms with Crippen LogP contribution in [0, 0.1) is 0 Å². The Balaban J connectivity index is 2.65. The Morgan fingerprint density at radius 2 is 1.88 bits per heavy atom. The number of hydrogen-bond acceptors (Lipinski definition) is 5. The molecule has 96 valence electrons. The lowest BCUT2D eigenvalue weighted by Crippen LogP contribution is -2.44.